The van der Waals surface area contributed by atoms with E-state index in [2.05, 4.69) is 5.32 Å². The summed E-state index contributed by atoms with van der Waals surface area (Å²) in [5.74, 6) is -0.896. The van der Waals surface area contributed by atoms with Crippen molar-refractivity contribution in [1.82, 2.24) is 5.32 Å². The molecule has 0 saturated carbocycles. The van der Waals surface area contributed by atoms with E-state index in [4.69, 9.17) is 17.3 Å². The van der Waals surface area contributed by atoms with Crippen molar-refractivity contribution in [2.24, 2.45) is 5.92 Å². The number of hydrogen-bond donors (Lipinski definition) is 2. The van der Waals surface area contributed by atoms with Crippen LogP contribution in [0.4, 0.5) is 0 Å². The van der Waals surface area contributed by atoms with Gasteiger partial charge in [0.05, 0.1) is 0 Å². The SMILES string of the molecule is CC(C)[C@H](NC(=S)c1ccccc1)C(=O)O. The van der Waals surface area contributed by atoms with Crippen LogP contribution in [0.15, 0.2) is 30.3 Å². The number of thiocarbonyl (C=S) groups is 1. The molecule has 0 spiro atoms. The summed E-state index contributed by atoms with van der Waals surface area (Å²) in [7, 11) is 0. The van der Waals surface area contributed by atoms with Gasteiger partial charge in [0.15, 0.2) is 0 Å². The van der Waals surface area contributed by atoms with E-state index in [0.717, 1.165) is 5.56 Å². The third-order valence-corrected chi connectivity index (χ3v) is 2.61. The number of carbonyl (C=O) groups is 1. The first-order valence-electron chi connectivity index (χ1n) is 5.11. The predicted molar refractivity (Wildman–Crippen MR) is 67.5 cm³/mol. The molecule has 0 heterocycles. The second-order valence-corrected chi connectivity index (χ2v) is 4.31. The van der Waals surface area contributed by atoms with Gasteiger partial charge in [-0.25, -0.2) is 4.79 Å². The van der Waals surface area contributed by atoms with Crippen molar-refractivity contribution in [2.45, 2.75) is 19.9 Å². The maximum absolute atomic E-state index is 11.0. The summed E-state index contributed by atoms with van der Waals surface area (Å²) in [4.78, 5) is 11.5. The van der Waals surface area contributed by atoms with Gasteiger partial charge in [-0.1, -0.05) is 56.4 Å². The van der Waals surface area contributed by atoms with Crippen molar-refractivity contribution >= 4 is 23.2 Å². The molecule has 1 atom stereocenters. The Balaban J connectivity index is 2.74. The average molecular weight is 237 g/mol. The van der Waals surface area contributed by atoms with Gasteiger partial charge in [0.2, 0.25) is 0 Å². The summed E-state index contributed by atoms with van der Waals surface area (Å²) in [6, 6.07) is 8.70. The van der Waals surface area contributed by atoms with Crippen LogP contribution in [-0.4, -0.2) is 22.1 Å². The molecule has 3 nitrogen and oxygen atoms in total. The summed E-state index contributed by atoms with van der Waals surface area (Å²) >= 11 is 5.16. The van der Waals surface area contributed by atoms with Crippen molar-refractivity contribution < 1.29 is 9.90 Å². The lowest BCUT2D eigenvalue weighted by molar-refractivity contribution is -0.140. The van der Waals surface area contributed by atoms with E-state index >= 15 is 0 Å². The Kier molecular flexibility index (Phi) is 4.43. The highest BCUT2D eigenvalue weighted by Gasteiger charge is 2.22. The first-order valence-corrected chi connectivity index (χ1v) is 5.52. The fourth-order valence-electron chi connectivity index (χ4n) is 1.33. The smallest absolute Gasteiger partial charge is 0.326 e. The highest BCUT2D eigenvalue weighted by atomic mass is 32.1. The molecule has 0 aromatic heterocycles. The van der Waals surface area contributed by atoms with Crippen molar-refractivity contribution in [3.05, 3.63) is 35.9 Å². The first kappa shape index (κ1) is 12.6. The van der Waals surface area contributed by atoms with E-state index in [1.165, 1.54) is 0 Å². The van der Waals surface area contributed by atoms with E-state index in [0.29, 0.717) is 4.99 Å². The largest absolute Gasteiger partial charge is 0.480 e. The lowest BCUT2D eigenvalue weighted by atomic mass is 10.0. The predicted octanol–water partition coefficient (Wildman–Crippen LogP) is 2.06. The summed E-state index contributed by atoms with van der Waals surface area (Å²) in [5, 5.41) is 11.9. The quantitative estimate of drug-likeness (QED) is 0.787. The lowest BCUT2D eigenvalue weighted by Crippen LogP contribution is -2.43. The first-order chi connectivity index (χ1) is 7.52. The monoisotopic (exact) mass is 237 g/mol. The zero-order chi connectivity index (χ0) is 12.1. The van der Waals surface area contributed by atoms with Crippen LogP contribution in [0.2, 0.25) is 0 Å². The van der Waals surface area contributed by atoms with Gasteiger partial charge in [0.25, 0.3) is 0 Å². The highest BCUT2D eigenvalue weighted by molar-refractivity contribution is 7.80. The normalized spacial score (nSPS) is 12.2. The molecule has 0 aliphatic carbocycles. The van der Waals surface area contributed by atoms with Crippen LogP contribution in [0.25, 0.3) is 0 Å². The number of aliphatic carboxylic acids is 1. The summed E-state index contributed by atoms with van der Waals surface area (Å²) in [5.41, 5.74) is 0.837. The molecule has 0 saturated heterocycles. The molecule has 0 aliphatic heterocycles. The number of carboxylic acid groups (broad SMARTS) is 1. The maximum atomic E-state index is 11.0. The van der Waals surface area contributed by atoms with E-state index in [1.807, 2.05) is 44.2 Å². The minimum Gasteiger partial charge on any atom is -0.480 e. The van der Waals surface area contributed by atoms with Crippen LogP contribution in [0, 0.1) is 5.92 Å². The molecule has 0 fully saturated rings. The Hall–Kier alpha value is -1.42. The Labute approximate surface area is 100 Å². The molecule has 0 bridgehead atoms. The highest BCUT2D eigenvalue weighted by Crippen LogP contribution is 2.05. The van der Waals surface area contributed by atoms with Gasteiger partial charge in [-0.2, -0.15) is 0 Å². The molecule has 0 amide bonds. The molecule has 16 heavy (non-hydrogen) atoms. The second kappa shape index (κ2) is 5.61. The van der Waals surface area contributed by atoms with Crippen molar-refractivity contribution in [2.75, 3.05) is 0 Å². The van der Waals surface area contributed by atoms with Crippen molar-refractivity contribution in [3.63, 3.8) is 0 Å². The summed E-state index contributed by atoms with van der Waals surface area (Å²) in [6.45, 7) is 3.69. The van der Waals surface area contributed by atoms with Gasteiger partial charge < -0.3 is 10.4 Å². The van der Waals surface area contributed by atoms with E-state index in [-0.39, 0.29) is 5.92 Å². The molecule has 1 aromatic rings. The molecule has 1 rings (SSSR count). The van der Waals surface area contributed by atoms with Crippen LogP contribution in [0.3, 0.4) is 0 Å². The zero-order valence-corrected chi connectivity index (χ0v) is 10.1. The third kappa shape index (κ3) is 3.31. The van der Waals surface area contributed by atoms with E-state index < -0.39 is 12.0 Å². The van der Waals surface area contributed by atoms with Crippen LogP contribution < -0.4 is 5.32 Å². The molecule has 2 N–H and O–H groups in total. The Bertz CT molecular complexity index is 376. The molecule has 0 radical (unpaired) electrons. The van der Waals surface area contributed by atoms with Crippen molar-refractivity contribution in [3.8, 4) is 0 Å². The average Bonchev–Trinajstić information content (AvgIpc) is 2.25. The maximum Gasteiger partial charge on any atom is 0.326 e. The number of rotatable bonds is 4. The molecule has 0 unspecified atom stereocenters. The van der Waals surface area contributed by atoms with Crippen LogP contribution in [0.1, 0.15) is 19.4 Å². The molecule has 1 aromatic carbocycles. The standard InChI is InChI=1S/C12H15NO2S/c1-8(2)10(12(14)15)13-11(16)9-6-4-3-5-7-9/h3-8,10H,1-2H3,(H,13,16)(H,14,15)/t10-/m0/s1. The number of hydrogen-bond acceptors (Lipinski definition) is 2. The molecule has 86 valence electrons. The van der Waals surface area contributed by atoms with Gasteiger partial charge in [0, 0.05) is 5.56 Å². The van der Waals surface area contributed by atoms with E-state index in [1.54, 1.807) is 0 Å². The van der Waals surface area contributed by atoms with E-state index in [9.17, 15) is 4.79 Å². The van der Waals surface area contributed by atoms with Gasteiger partial charge in [-0.15, -0.1) is 0 Å². The number of benzene rings is 1. The Morgan fingerprint density at radius 1 is 1.31 bits per heavy atom. The number of nitrogens with one attached hydrogen (secondary N) is 1. The minimum atomic E-state index is -0.881. The van der Waals surface area contributed by atoms with Crippen LogP contribution >= 0.6 is 12.2 Å². The third-order valence-electron chi connectivity index (χ3n) is 2.26. The van der Waals surface area contributed by atoms with Gasteiger partial charge in [0.1, 0.15) is 11.0 Å². The fourth-order valence-corrected chi connectivity index (χ4v) is 1.59. The van der Waals surface area contributed by atoms with Crippen LogP contribution in [0.5, 0.6) is 0 Å². The fraction of sp³-hybridized carbons (Fsp3) is 0.333. The zero-order valence-electron chi connectivity index (χ0n) is 9.31. The van der Waals surface area contributed by atoms with Crippen LogP contribution in [-0.2, 0) is 4.79 Å². The van der Waals surface area contributed by atoms with Gasteiger partial charge >= 0.3 is 5.97 Å². The van der Waals surface area contributed by atoms with Crippen molar-refractivity contribution in [1.29, 1.82) is 0 Å². The second-order valence-electron chi connectivity index (χ2n) is 3.90. The molecule has 4 heteroatoms. The van der Waals surface area contributed by atoms with Gasteiger partial charge in [-0.05, 0) is 5.92 Å². The Morgan fingerprint density at radius 3 is 2.31 bits per heavy atom. The molecule has 0 aliphatic rings. The molecular formula is C12H15NO2S. The molecular weight excluding hydrogens is 222 g/mol. The number of carboxylic acids is 1. The van der Waals surface area contributed by atoms with Gasteiger partial charge in [-0.3, -0.25) is 0 Å². The minimum absolute atomic E-state index is 0.0147. The summed E-state index contributed by atoms with van der Waals surface area (Å²) < 4.78 is 0. The lowest BCUT2D eigenvalue weighted by Gasteiger charge is -2.19. The topological polar surface area (TPSA) is 49.3 Å². The Morgan fingerprint density at radius 2 is 1.88 bits per heavy atom. The summed E-state index contributed by atoms with van der Waals surface area (Å²) in [6.07, 6.45) is 0.